The average Bonchev–Trinajstić information content (AvgIpc) is 3.07. The van der Waals surface area contributed by atoms with Crippen molar-refractivity contribution in [3.05, 3.63) is 92.8 Å². The summed E-state index contributed by atoms with van der Waals surface area (Å²) in [4.78, 5) is 28.7. The number of para-hydroxylation sites is 1. The van der Waals surface area contributed by atoms with Gasteiger partial charge in [0.2, 0.25) is 0 Å². The van der Waals surface area contributed by atoms with Gasteiger partial charge in [0.05, 0.1) is 16.1 Å². The van der Waals surface area contributed by atoms with Gasteiger partial charge in [-0.05, 0) is 43.3 Å². The van der Waals surface area contributed by atoms with E-state index in [4.69, 9.17) is 0 Å². The number of benzene rings is 2. The van der Waals surface area contributed by atoms with E-state index in [1.54, 1.807) is 42.5 Å². The number of sulfonamides is 1. The highest BCUT2D eigenvalue weighted by Gasteiger charge is 2.37. The largest absolute Gasteiger partial charge is 0.325 e. The van der Waals surface area contributed by atoms with Crippen LogP contribution in [0.15, 0.2) is 80.2 Å². The van der Waals surface area contributed by atoms with Crippen LogP contribution in [0.2, 0.25) is 0 Å². The summed E-state index contributed by atoms with van der Waals surface area (Å²) in [7, 11) is -3.82. The number of thioether (sulfide) groups is 1. The molecule has 4 rings (SSSR count). The van der Waals surface area contributed by atoms with Crippen LogP contribution in [0.1, 0.15) is 11.1 Å². The number of hydrogen-bond donors (Lipinski definition) is 2. The summed E-state index contributed by atoms with van der Waals surface area (Å²) in [5.41, 5.74) is 0.641. The molecule has 0 radical (unpaired) electrons. The van der Waals surface area contributed by atoms with Crippen LogP contribution in [-0.2, 0) is 10.0 Å². The number of aromatic amines is 2. The molecule has 148 valence electrons. The molecule has 0 bridgehead atoms. The maximum atomic E-state index is 13.4. The van der Waals surface area contributed by atoms with Gasteiger partial charge in [-0.25, -0.2) is 17.5 Å². The maximum Gasteiger partial charge on any atom is 0.325 e. The van der Waals surface area contributed by atoms with Crippen molar-refractivity contribution in [2.24, 2.45) is 0 Å². The van der Waals surface area contributed by atoms with Crippen LogP contribution in [-0.4, -0.2) is 23.8 Å². The summed E-state index contributed by atoms with van der Waals surface area (Å²) in [5, 5.41) is -0.579. The minimum Gasteiger partial charge on any atom is -0.314 e. The Bertz CT molecular complexity index is 1310. The van der Waals surface area contributed by atoms with Gasteiger partial charge in [0, 0.05) is 11.1 Å². The molecule has 0 aliphatic carbocycles. The van der Waals surface area contributed by atoms with Crippen LogP contribution in [0.5, 0.6) is 0 Å². The van der Waals surface area contributed by atoms with Gasteiger partial charge in [-0.2, -0.15) is 0 Å². The molecule has 1 aliphatic rings. The molecule has 1 aromatic heterocycles. The highest BCUT2D eigenvalue weighted by Crippen LogP contribution is 2.46. The van der Waals surface area contributed by atoms with Crippen molar-refractivity contribution in [2.75, 3.05) is 4.31 Å². The summed E-state index contributed by atoms with van der Waals surface area (Å²) < 4.78 is 28.2. The van der Waals surface area contributed by atoms with Gasteiger partial charge >= 0.3 is 5.69 Å². The first-order valence-electron chi connectivity index (χ1n) is 8.73. The molecule has 29 heavy (non-hydrogen) atoms. The minimum atomic E-state index is -3.82. The van der Waals surface area contributed by atoms with E-state index in [0.717, 1.165) is 10.5 Å². The number of fused-ring (bicyclic) bond motifs is 1. The maximum absolute atomic E-state index is 13.4. The molecule has 2 heterocycles. The normalized spacial score (nSPS) is 16.3. The van der Waals surface area contributed by atoms with E-state index in [1.807, 2.05) is 19.1 Å². The van der Waals surface area contributed by atoms with Crippen molar-refractivity contribution >= 4 is 33.5 Å². The summed E-state index contributed by atoms with van der Waals surface area (Å²) in [5.74, 6) is 0. The van der Waals surface area contributed by atoms with E-state index in [0.29, 0.717) is 5.69 Å². The third kappa shape index (κ3) is 3.66. The minimum absolute atomic E-state index is 0.195. The molecule has 0 spiro atoms. The Balaban J connectivity index is 1.77. The molecule has 3 aromatic rings. The Morgan fingerprint density at radius 2 is 1.79 bits per heavy atom. The van der Waals surface area contributed by atoms with E-state index in [2.05, 4.69) is 9.97 Å². The standard InChI is InChI=1S/C20H17N3O4S2/c1-13-6-9-15(10-7-13)29(26,27)23-16-4-2-3-5-17(16)28-18(23)11-8-14-12-21-20(25)22-19(14)24/h2-12,18H,1H3,(H2,21,22,24,25)/b11-8+. The zero-order valence-corrected chi connectivity index (χ0v) is 17.0. The molecular formula is C20H17N3O4S2. The van der Waals surface area contributed by atoms with Crippen LogP contribution in [0.3, 0.4) is 0 Å². The lowest BCUT2D eigenvalue weighted by atomic mass is 10.2. The second kappa shape index (κ2) is 7.41. The van der Waals surface area contributed by atoms with Crippen molar-refractivity contribution in [3.8, 4) is 0 Å². The predicted molar refractivity (Wildman–Crippen MR) is 114 cm³/mol. The topological polar surface area (TPSA) is 103 Å². The number of H-pyrrole nitrogens is 2. The van der Waals surface area contributed by atoms with E-state index < -0.39 is 26.6 Å². The van der Waals surface area contributed by atoms with E-state index >= 15 is 0 Å². The third-order valence-electron chi connectivity index (χ3n) is 4.45. The van der Waals surface area contributed by atoms with Crippen LogP contribution < -0.4 is 15.6 Å². The fraction of sp³-hybridized carbons (Fsp3) is 0.100. The fourth-order valence-electron chi connectivity index (χ4n) is 2.99. The van der Waals surface area contributed by atoms with E-state index in [-0.39, 0.29) is 10.5 Å². The fourth-order valence-corrected chi connectivity index (χ4v) is 6.06. The van der Waals surface area contributed by atoms with Crippen LogP contribution in [0.25, 0.3) is 6.08 Å². The lowest BCUT2D eigenvalue weighted by Crippen LogP contribution is -2.34. The SMILES string of the molecule is Cc1ccc(S(=O)(=O)N2c3ccccc3SC2/C=C/c2c[nH]c(=O)[nH]c2=O)cc1. The molecule has 0 fully saturated rings. The second-order valence-corrected chi connectivity index (χ2v) is 9.45. The van der Waals surface area contributed by atoms with Crippen molar-refractivity contribution in [3.63, 3.8) is 0 Å². The van der Waals surface area contributed by atoms with E-state index in [1.165, 1.54) is 28.3 Å². The number of aryl methyl sites for hydroxylation is 1. The molecule has 0 amide bonds. The zero-order valence-electron chi connectivity index (χ0n) is 15.3. The van der Waals surface area contributed by atoms with E-state index in [9.17, 15) is 18.0 Å². The van der Waals surface area contributed by atoms with Crippen LogP contribution in [0, 0.1) is 6.92 Å². The first kappa shape index (κ1) is 19.3. The average molecular weight is 428 g/mol. The molecule has 1 atom stereocenters. The quantitative estimate of drug-likeness (QED) is 0.666. The molecule has 0 saturated heterocycles. The molecule has 1 unspecified atom stereocenters. The number of aromatic nitrogens is 2. The molecule has 9 heteroatoms. The number of nitrogens with one attached hydrogen (secondary N) is 2. The third-order valence-corrected chi connectivity index (χ3v) is 7.60. The first-order valence-corrected chi connectivity index (χ1v) is 11.1. The van der Waals surface area contributed by atoms with Crippen molar-refractivity contribution in [2.45, 2.75) is 22.1 Å². The lowest BCUT2D eigenvalue weighted by molar-refractivity contribution is 0.592. The Morgan fingerprint density at radius 1 is 1.07 bits per heavy atom. The van der Waals surface area contributed by atoms with Crippen molar-refractivity contribution in [1.29, 1.82) is 0 Å². The van der Waals surface area contributed by atoms with Crippen LogP contribution in [0.4, 0.5) is 5.69 Å². The predicted octanol–water partition coefficient (Wildman–Crippen LogP) is 2.71. The highest BCUT2D eigenvalue weighted by molar-refractivity contribution is 8.03. The smallest absolute Gasteiger partial charge is 0.314 e. The van der Waals surface area contributed by atoms with Crippen molar-refractivity contribution in [1.82, 2.24) is 9.97 Å². The van der Waals surface area contributed by atoms with Crippen molar-refractivity contribution < 1.29 is 8.42 Å². The summed E-state index contributed by atoms with van der Waals surface area (Å²) in [6.45, 7) is 1.89. The summed E-state index contributed by atoms with van der Waals surface area (Å²) in [6.07, 6.45) is 4.44. The van der Waals surface area contributed by atoms with Gasteiger partial charge in [0.25, 0.3) is 15.6 Å². The molecular weight excluding hydrogens is 410 g/mol. The summed E-state index contributed by atoms with van der Waals surface area (Å²) in [6, 6.07) is 13.9. The molecule has 1 aliphatic heterocycles. The van der Waals surface area contributed by atoms with Gasteiger partial charge in [-0.3, -0.25) is 9.78 Å². The molecule has 7 nitrogen and oxygen atoms in total. The lowest BCUT2D eigenvalue weighted by Gasteiger charge is -2.24. The molecule has 2 N–H and O–H groups in total. The Hall–Kier alpha value is -3.04. The monoisotopic (exact) mass is 427 g/mol. The first-order chi connectivity index (χ1) is 13.9. The van der Waals surface area contributed by atoms with Gasteiger partial charge in [-0.15, -0.1) is 0 Å². The number of hydrogen-bond acceptors (Lipinski definition) is 5. The van der Waals surface area contributed by atoms with Gasteiger partial charge in [0.15, 0.2) is 0 Å². The Kier molecular flexibility index (Phi) is 4.93. The number of nitrogens with zero attached hydrogens (tertiary/aromatic N) is 1. The number of anilines is 1. The zero-order chi connectivity index (χ0) is 20.6. The van der Waals surface area contributed by atoms with Gasteiger partial charge in [-0.1, -0.05) is 41.6 Å². The second-order valence-electron chi connectivity index (χ2n) is 6.48. The summed E-state index contributed by atoms with van der Waals surface area (Å²) >= 11 is 1.37. The number of rotatable bonds is 4. The highest BCUT2D eigenvalue weighted by atomic mass is 32.2. The molecule has 2 aromatic carbocycles. The Morgan fingerprint density at radius 3 is 2.52 bits per heavy atom. The molecule has 0 saturated carbocycles. The van der Waals surface area contributed by atoms with Gasteiger partial charge in [0.1, 0.15) is 5.37 Å². The van der Waals surface area contributed by atoms with Crippen LogP contribution >= 0.6 is 11.8 Å². The Labute approximate surface area is 171 Å². The van der Waals surface area contributed by atoms with Gasteiger partial charge < -0.3 is 4.98 Å².